The van der Waals surface area contributed by atoms with Gasteiger partial charge in [0.05, 0.1) is 10.7 Å². The molecule has 0 saturated carbocycles. The minimum absolute atomic E-state index is 0.185. The fourth-order valence-corrected chi connectivity index (χ4v) is 2.45. The third kappa shape index (κ3) is 2.45. The van der Waals surface area contributed by atoms with Gasteiger partial charge in [-0.25, -0.2) is 0 Å². The number of benzene rings is 1. The maximum absolute atomic E-state index is 11.7. The Balaban J connectivity index is 2.34. The zero-order valence-electron chi connectivity index (χ0n) is 8.17. The van der Waals surface area contributed by atoms with Crippen molar-refractivity contribution in [2.24, 2.45) is 0 Å². The molecular formula is C11H11ClINO. The van der Waals surface area contributed by atoms with E-state index in [9.17, 15) is 4.79 Å². The summed E-state index contributed by atoms with van der Waals surface area (Å²) in [7, 11) is 0. The van der Waals surface area contributed by atoms with E-state index in [1.54, 1.807) is 4.90 Å². The van der Waals surface area contributed by atoms with Gasteiger partial charge < -0.3 is 4.90 Å². The number of carbonyl (C=O) groups excluding carboxylic acids is 1. The maximum Gasteiger partial charge on any atom is 0.227 e. The highest BCUT2D eigenvalue weighted by Gasteiger charge is 2.21. The van der Waals surface area contributed by atoms with Crippen LogP contribution < -0.4 is 4.90 Å². The summed E-state index contributed by atoms with van der Waals surface area (Å²) in [6, 6.07) is 5.76. The van der Waals surface area contributed by atoms with E-state index in [0.29, 0.717) is 11.4 Å². The molecule has 15 heavy (non-hydrogen) atoms. The van der Waals surface area contributed by atoms with E-state index in [1.165, 1.54) is 0 Å². The minimum Gasteiger partial charge on any atom is -0.311 e. The van der Waals surface area contributed by atoms with Crippen LogP contribution in [0.3, 0.4) is 0 Å². The molecule has 0 spiro atoms. The highest BCUT2D eigenvalue weighted by molar-refractivity contribution is 14.1. The van der Waals surface area contributed by atoms with Crippen LogP contribution in [0.2, 0.25) is 5.02 Å². The van der Waals surface area contributed by atoms with Gasteiger partial charge in [-0.1, -0.05) is 11.6 Å². The quantitative estimate of drug-likeness (QED) is 0.720. The average molecular weight is 336 g/mol. The molecule has 4 heteroatoms. The molecule has 1 aliphatic rings. The van der Waals surface area contributed by atoms with Crippen molar-refractivity contribution in [3.8, 4) is 0 Å². The van der Waals surface area contributed by atoms with Gasteiger partial charge in [0.25, 0.3) is 0 Å². The lowest BCUT2D eigenvalue weighted by Crippen LogP contribution is -2.35. The van der Waals surface area contributed by atoms with Gasteiger partial charge in [-0.3, -0.25) is 4.79 Å². The normalized spacial score (nSPS) is 16.9. The van der Waals surface area contributed by atoms with Crippen molar-refractivity contribution in [3.63, 3.8) is 0 Å². The van der Waals surface area contributed by atoms with Crippen molar-refractivity contribution in [1.82, 2.24) is 0 Å². The van der Waals surface area contributed by atoms with E-state index in [-0.39, 0.29) is 5.91 Å². The maximum atomic E-state index is 11.7. The molecule has 0 N–H and O–H groups in total. The molecular weight excluding hydrogens is 324 g/mol. The Hall–Kier alpha value is -0.290. The number of piperidine rings is 1. The van der Waals surface area contributed by atoms with E-state index >= 15 is 0 Å². The van der Waals surface area contributed by atoms with Gasteiger partial charge >= 0.3 is 0 Å². The van der Waals surface area contributed by atoms with Crippen LogP contribution in [0.4, 0.5) is 5.69 Å². The molecule has 0 aromatic heterocycles. The van der Waals surface area contributed by atoms with Crippen molar-refractivity contribution < 1.29 is 4.79 Å². The lowest BCUT2D eigenvalue weighted by atomic mass is 10.1. The summed E-state index contributed by atoms with van der Waals surface area (Å²) in [5, 5.41) is 0.658. The van der Waals surface area contributed by atoms with Crippen LogP contribution >= 0.6 is 34.2 Å². The third-order valence-corrected chi connectivity index (χ3v) is 3.51. The molecule has 1 aromatic rings. The van der Waals surface area contributed by atoms with Crippen LogP contribution in [0.25, 0.3) is 0 Å². The Kier molecular flexibility index (Phi) is 3.51. The zero-order valence-corrected chi connectivity index (χ0v) is 11.1. The van der Waals surface area contributed by atoms with Gasteiger partial charge in [0, 0.05) is 16.5 Å². The fraction of sp³-hybridized carbons (Fsp3) is 0.364. The van der Waals surface area contributed by atoms with E-state index in [1.807, 2.05) is 18.2 Å². The Labute approximate surface area is 108 Å². The summed E-state index contributed by atoms with van der Waals surface area (Å²) < 4.78 is 1.10. The SMILES string of the molecule is O=C1CCCCN1c1cc(I)ccc1Cl. The Morgan fingerprint density at radius 2 is 2.13 bits per heavy atom. The first-order chi connectivity index (χ1) is 7.18. The monoisotopic (exact) mass is 335 g/mol. The molecule has 2 nitrogen and oxygen atoms in total. The van der Waals surface area contributed by atoms with Gasteiger partial charge in [-0.2, -0.15) is 0 Å². The van der Waals surface area contributed by atoms with E-state index < -0.39 is 0 Å². The van der Waals surface area contributed by atoms with Crippen LogP contribution in [0.1, 0.15) is 19.3 Å². The number of nitrogens with zero attached hydrogens (tertiary/aromatic N) is 1. The molecule has 0 radical (unpaired) electrons. The summed E-state index contributed by atoms with van der Waals surface area (Å²) in [6.45, 7) is 0.790. The molecule has 1 aliphatic heterocycles. The number of halogens is 2. The van der Waals surface area contributed by atoms with Gasteiger partial charge in [0.2, 0.25) is 5.91 Å². The molecule has 0 unspecified atom stereocenters. The van der Waals surface area contributed by atoms with Gasteiger partial charge in [0.1, 0.15) is 0 Å². The number of carbonyl (C=O) groups is 1. The average Bonchev–Trinajstić information content (AvgIpc) is 2.23. The highest BCUT2D eigenvalue weighted by atomic mass is 127. The number of amides is 1. The summed E-state index contributed by atoms with van der Waals surface area (Å²) >= 11 is 8.33. The second-order valence-corrected chi connectivity index (χ2v) is 5.25. The lowest BCUT2D eigenvalue weighted by molar-refractivity contribution is -0.119. The largest absolute Gasteiger partial charge is 0.311 e. The topological polar surface area (TPSA) is 20.3 Å². The second-order valence-electron chi connectivity index (χ2n) is 3.60. The molecule has 0 bridgehead atoms. The molecule has 80 valence electrons. The predicted octanol–water partition coefficient (Wildman–Crippen LogP) is 3.46. The van der Waals surface area contributed by atoms with Crippen LogP contribution in [-0.2, 0) is 4.79 Å². The molecule has 2 rings (SSSR count). The molecule has 1 aromatic carbocycles. The summed E-state index contributed by atoms with van der Waals surface area (Å²) in [5.41, 5.74) is 0.855. The van der Waals surface area contributed by atoms with E-state index in [2.05, 4.69) is 22.6 Å². The van der Waals surface area contributed by atoms with Crippen molar-refractivity contribution >= 4 is 45.8 Å². The van der Waals surface area contributed by atoms with E-state index in [0.717, 1.165) is 28.6 Å². The fourth-order valence-electron chi connectivity index (χ4n) is 1.75. The first-order valence-electron chi connectivity index (χ1n) is 4.94. The molecule has 1 saturated heterocycles. The number of hydrogen-bond acceptors (Lipinski definition) is 1. The zero-order chi connectivity index (χ0) is 10.8. The molecule has 1 amide bonds. The second kappa shape index (κ2) is 4.70. The molecule has 1 fully saturated rings. The van der Waals surface area contributed by atoms with E-state index in [4.69, 9.17) is 11.6 Å². The minimum atomic E-state index is 0.185. The Morgan fingerprint density at radius 3 is 2.87 bits per heavy atom. The van der Waals surface area contributed by atoms with Crippen LogP contribution in [0.5, 0.6) is 0 Å². The van der Waals surface area contributed by atoms with Crippen molar-refractivity contribution in [2.45, 2.75) is 19.3 Å². The van der Waals surface area contributed by atoms with Crippen molar-refractivity contribution in [2.75, 3.05) is 11.4 Å². The number of hydrogen-bond donors (Lipinski definition) is 0. The molecule has 0 atom stereocenters. The molecule has 1 heterocycles. The van der Waals surface area contributed by atoms with Gasteiger partial charge in [-0.15, -0.1) is 0 Å². The highest BCUT2D eigenvalue weighted by Crippen LogP contribution is 2.30. The Morgan fingerprint density at radius 1 is 1.33 bits per heavy atom. The van der Waals surface area contributed by atoms with Crippen molar-refractivity contribution in [1.29, 1.82) is 0 Å². The summed E-state index contributed by atoms with van der Waals surface area (Å²) in [6.07, 6.45) is 2.70. The first-order valence-corrected chi connectivity index (χ1v) is 6.39. The van der Waals surface area contributed by atoms with Gasteiger partial charge in [0.15, 0.2) is 0 Å². The van der Waals surface area contributed by atoms with Gasteiger partial charge in [-0.05, 0) is 53.6 Å². The lowest BCUT2D eigenvalue weighted by Gasteiger charge is -2.27. The number of rotatable bonds is 1. The standard InChI is InChI=1S/C11H11ClINO/c12-9-5-4-8(13)7-10(9)14-6-2-1-3-11(14)15/h4-5,7H,1-3,6H2. The molecule has 0 aliphatic carbocycles. The first kappa shape index (κ1) is 11.2. The summed E-state index contributed by atoms with van der Waals surface area (Å²) in [5.74, 6) is 0.185. The smallest absolute Gasteiger partial charge is 0.227 e. The predicted molar refractivity (Wildman–Crippen MR) is 70.4 cm³/mol. The summed E-state index contributed by atoms with van der Waals surface area (Å²) in [4.78, 5) is 13.5. The van der Waals surface area contributed by atoms with Crippen LogP contribution in [0, 0.1) is 3.57 Å². The Bertz CT molecular complexity index is 394. The van der Waals surface area contributed by atoms with Crippen LogP contribution in [0.15, 0.2) is 18.2 Å². The van der Waals surface area contributed by atoms with Crippen LogP contribution in [-0.4, -0.2) is 12.5 Å². The number of anilines is 1. The third-order valence-electron chi connectivity index (χ3n) is 2.52. The van der Waals surface area contributed by atoms with Crippen molar-refractivity contribution in [3.05, 3.63) is 26.8 Å².